The Morgan fingerprint density at radius 2 is 2.18 bits per heavy atom. The van der Waals surface area contributed by atoms with Crippen LogP contribution in [-0.4, -0.2) is 19.6 Å². The van der Waals surface area contributed by atoms with Crippen LogP contribution in [-0.2, 0) is 4.74 Å². The van der Waals surface area contributed by atoms with Crippen LogP contribution < -0.4 is 11.1 Å². The molecule has 0 heterocycles. The minimum atomic E-state index is -0.398. The number of esters is 1. The van der Waals surface area contributed by atoms with Gasteiger partial charge in [-0.1, -0.05) is 13.3 Å². The molecule has 3 N–H and O–H groups in total. The van der Waals surface area contributed by atoms with E-state index in [0.717, 1.165) is 30.6 Å². The van der Waals surface area contributed by atoms with Crippen LogP contribution in [0.15, 0.2) is 12.1 Å². The van der Waals surface area contributed by atoms with Gasteiger partial charge in [0.2, 0.25) is 0 Å². The Balaban J connectivity index is 2.93. The van der Waals surface area contributed by atoms with Gasteiger partial charge < -0.3 is 15.8 Å². The average Bonchev–Trinajstić information content (AvgIpc) is 2.32. The number of nitrogen functional groups attached to an aromatic ring is 1. The number of methoxy groups -OCH3 is 1. The maximum Gasteiger partial charge on any atom is 0.340 e. The van der Waals surface area contributed by atoms with E-state index in [-0.39, 0.29) is 0 Å². The lowest BCUT2D eigenvalue weighted by Gasteiger charge is -2.12. The average molecular weight is 236 g/mol. The fourth-order valence-electron chi connectivity index (χ4n) is 1.59. The molecule has 0 aliphatic heterocycles. The molecule has 0 bridgehead atoms. The van der Waals surface area contributed by atoms with E-state index in [0.29, 0.717) is 11.3 Å². The summed E-state index contributed by atoms with van der Waals surface area (Å²) in [5.41, 5.74) is 8.55. The normalized spacial score (nSPS) is 10.1. The summed E-state index contributed by atoms with van der Waals surface area (Å²) >= 11 is 0. The first-order valence-corrected chi connectivity index (χ1v) is 5.82. The molecule has 0 unspecified atom stereocenters. The molecule has 0 saturated carbocycles. The van der Waals surface area contributed by atoms with E-state index in [9.17, 15) is 4.79 Å². The van der Waals surface area contributed by atoms with Crippen LogP contribution in [0.4, 0.5) is 11.4 Å². The summed E-state index contributed by atoms with van der Waals surface area (Å²) in [6.07, 6.45) is 2.22. The fraction of sp³-hybridized carbons (Fsp3) is 0.462. The predicted octanol–water partition coefficient (Wildman–Crippen LogP) is 2.58. The number of unbranched alkanes of at least 4 members (excludes halogenated alkanes) is 1. The molecule has 0 fully saturated rings. The summed E-state index contributed by atoms with van der Waals surface area (Å²) in [6.45, 7) is 4.91. The number of hydrogen-bond donors (Lipinski definition) is 2. The van der Waals surface area contributed by atoms with Crippen LogP contribution in [0.3, 0.4) is 0 Å². The lowest BCUT2D eigenvalue weighted by atomic mass is 10.1. The predicted molar refractivity (Wildman–Crippen MR) is 70.3 cm³/mol. The molecule has 1 aromatic carbocycles. The summed E-state index contributed by atoms with van der Waals surface area (Å²) in [7, 11) is 1.36. The maximum atomic E-state index is 11.5. The number of anilines is 2. The van der Waals surface area contributed by atoms with E-state index in [1.54, 1.807) is 6.07 Å². The highest BCUT2D eigenvalue weighted by atomic mass is 16.5. The second-order valence-electron chi connectivity index (χ2n) is 4.03. The van der Waals surface area contributed by atoms with Gasteiger partial charge >= 0.3 is 5.97 Å². The van der Waals surface area contributed by atoms with Gasteiger partial charge in [0.05, 0.1) is 12.7 Å². The van der Waals surface area contributed by atoms with Crippen LogP contribution >= 0.6 is 0 Å². The van der Waals surface area contributed by atoms with Crippen molar-refractivity contribution in [3.05, 3.63) is 23.3 Å². The number of carbonyl (C=O) groups is 1. The monoisotopic (exact) mass is 236 g/mol. The minimum Gasteiger partial charge on any atom is -0.465 e. The van der Waals surface area contributed by atoms with Crippen molar-refractivity contribution in [3.8, 4) is 0 Å². The highest BCUT2D eigenvalue weighted by Crippen LogP contribution is 2.23. The molecular formula is C13H20N2O2. The van der Waals surface area contributed by atoms with E-state index in [4.69, 9.17) is 10.5 Å². The summed E-state index contributed by atoms with van der Waals surface area (Å²) in [5, 5.41) is 3.27. The van der Waals surface area contributed by atoms with Crippen molar-refractivity contribution in [3.63, 3.8) is 0 Å². The van der Waals surface area contributed by atoms with E-state index in [1.165, 1.54) is 7.11 Å². The Labute approximate surface area is 102 Å². The third kappa shape index (κ3) is 3.37. The second kappa shape index (κ2) is 6.13. The first-order chi connectivity index (χ1) is 8.10. The molecule has 0 saturated heterocycles. The SMILES string of the molecule is CCCCNc1cc(C)c(N)c(C(=O)OC)c1. The highest BCUT2D eigenvalue weighted by Gasteiger charge is 2.13. The molecule has 17 heavy (non-hydrogen) atoms. The molecule has 0 atom stereocenters. The molecule has 4 heteroatoms. The largest absolute Gasteiger partial charge is 0.465 e. The van der Waals surface area contributed by atoms with E-state index in [1.807, 2.05) is 13.0 Å². The zero-order valence-electron chi connectivity index (χ0n) is 10.7. The minimum absolute atomic E-state index is 0.398. The molecule has 0 aliphatic carbocycles. The number of benzene rings is 1. The molecule has 1 rings (SSSR count). The topological polar surface area (TPSA) is 64.3 Å². The van der Waals surface area contributed by atoms with Gasteiger partial charge in [0.25, 0.3) is 0 Å². The summed E-state index contributed by atoms with van der Waals surface area (Å²) in [5.74, 6) is -0.398. The van der Waals surface area contributed by atoms with Gasteiger partial charge in [0.15, 0.2) is 0 Å². The van der Waals surface area contributed by atoms with Crippen molar-refractivity contribution in [2.75, 3.05) is 24.7 Å². The van der Waals surface area contributed by atoms with Crippen LogP contribution in [0.5, 0.6) is 0 Å². The first kappa shape index (κ1) is 13.4. The number of rotatable bonds is 5. The number of carbonyl (C=O) groups excluding carboxylic acids is 1. The van der Waals surface area contributed by atoms with Gasteiger partial charge in [-0.25, -0.2) is 4.79 Å². The van der Waals surface area contributed by atoms with Crippen molar-refractivity contribution in [2.24, 2.45) is 0 Å². The molecule has 0 amide bonds. The zero-order chi connectivity index (χ0) is 12.8. The highest BCUT2D eigenvalue weighted by molar-refractivity contribution is 5.97. The van der Waals surface area contributed by atoms with Crippen LogP contribution in [0, 0.1) is 6.92 Å². The first-order valence-electron chi connectivity index (χ1n) is 5.82. The third-order valence-corrected chi connectivity index (χ3v) is 2.65. The Bertz CT molecular complexity index is 403. The van der Waals surface area contributed by atoms with Crippen molar-refractivity contribution < 1.29 is 9.53 Å². The van der Waals surface area contributed by atoms with Gasteiger partial charge in [-0.05, 0) is 31.0 Å². The van der Waals surface area contributed by atoms with Gasteiger partial charge in [0, 0.05) is 17.9 Å². The van der Waals surface area contributed by atoms with Crippen LogP contribution in [0.1, 0.15) is 35.7 Å². The summed E-state index contributed by atoms with van der Waals surface area (Å²) < 4.78 is 4.71. The Hall–Kier alpha value is -1.71. The molecule has 1 aromatic rings. The van der Waals surface area contributed by atoms with Crippen molar-refractivity contribution >= 4 is 17.3 Å². The van der Waals surface area contributed by atoms with Crippen molar-refractivity contribution in [1.29, 1.82) is 0 Å². The standard InChI is InChI=1S/C13H20N2O2/c1-4-5-6-15-10-7-9(2)12(14)11(8-10)13(16)17-3/h7-8,15H,4-6,14H2,1-3H3. The van der Waals surface area contributed by atoms with E-state index >= 15 is 0 Å². The van der Waals surface area contributed by atoms with E-state index < -0.39 is 5.97 Å². The van der Waals surface area contributed by atoms with Gasteiger partial charge in [-0.15, -0.1) is 0 Å². The molecule has 0 radical (unpaired) electrons. The van der Waals surface area contributed by atoms with Crippen LogP contribution in [0.25, 0.3) is 0 Å². The number of hydrogen-bond acceptors (Lipinski definition) is 4. The Morgan fingerprint density at radius 1 is 1.47 bits per heavy atom. The van der Waals surface area contributed by atoms with Gasteiger partial charge in [-0.2, -0.15) is 0 Å². The lowest BCUT2D eigenvalue weighted by molar-refractivity contribution is 0.0602. The zero-order valence-corrected chi connectivity index (χ0v) is 10.7. The van der Waals surface area contributed by atoms with Crippen molar-refractivity contribution in [2.45, 2.75) is 26.7 Å². The number of nitrogens with two attached hydrogens (primary N) is 1. The number of nitrogens with one attached hydrogen (secondary N) is 1. The molecule has 0 aliphatic rings. The summed E-state index contributed by atoms with van der Waals surface area (Å²) in [6, 6.07) is 3.68. The molecule has 0 aromatic heterocycles. The Kier molecular flexibility index (Phi) is 4.82. The van der Waals surface area contributed by atoms with Gasteiger partial charge in [0.1, 0.15) is 0 Å². The van der Waals surface area contributed by atoms with Crippen LogP contribution in [0.2, 0.25) is 0 Å². The van der Waals surface area contributed by atoms with E-state index in [2.05, 4.69) is 12.2 Å². The quantitative estimate of drug-likeness (QED) is 0.468. The smallest absolute Gasteiger partial charge is 0.340 e. The molecular weight excluding hydrogens is 216 g/mol. The third-order valence-electron chi connectivity index (χ3n) is 2.65. The number of aryl methyl sites for hydroxylation is 1. The molecule has 0 spiro atoms. The summed E-state index contributed by atoms with van der Waals surface area (Å²) in [4.78, 5) is 11.5. The molecule has 4 nitrogen and oxygen atoms in total. The van der Waals surface area contributed by atoms with Gasteiger partial charge in [-0.3, -0.25) is 0 Å². The van der Waals surface area contributed by atoms with Crippen molar-refractivity contribution in [1.82, 2.24) is 0 Å². The molecule has 94 valence electrons. The lowest BCUT2D eigenvalue weighted by Crippen LogP contribution is -2.09. The maximum absolute atomic E-state index is 11.5. The second-order valence-corrected chi connectivity index (χ2v) is 4.03. The Morgan fingerprint density at radius 3 is 2.76 bits per heavy atom. The number of ether oxygens (including phenoxy) is 1. The fourth-order valence-corrected chi connectivity index (χ4v) is 1.59.